The SMILES string of the molecule is N#Cc1ccc(-c2cn(Cc3ccccc3F)c(=O)c(N3CCC(N)CC3)n2)cc1. The van der Waals surface area contributed by atoms with Gasteiger partial charge in [0.15, 0.2) is 5.82 Å². The van der Waals surface area contributed by atoms with E-state index in [9.17, 15) is 9.18 Å². The van der Waals surface area contributed by atoms with Crippen LogP contribution < -0.4 is 16.2 Å². The van der Waals surface area contributed by atoms with Crippen LogP contribution in [0, 0.1) is 17.1 Å². The van der Waals surface area contributed by atoms with Crippen molar-refractivity contribution < 1.29 is 4.39 Å². The Morgan fingerprint density at radius 3 is 2.50 bits per heavy atom. The molecular weight excluding hydrogens is 381 g/mol. The molecule has 3 aromatic rings. The van der Waals surface area contributed by atoms with Crippen molar-refractivity contribution in [1.29, 1.82) is 5.26 Å². The summed E-state index contributed by atoms with van der Waals surface area (Å²) >= 11 is 0. The maximum atomic E-state index is 14.2. The first kappa shape index (κ1) is 19.8. The molecule has 0 radical (unpaired) electrons. The number of benzene rings is 2. The number of anilines is 1. The number of hydrogen-bond donors (Lipinski definition) is 1. The maximum Gasteiger partial charge on any atom is 0.293 e. The summed E-state index contributed by atoms with van der Waals surface area (Å²) in [5.41, 5.74) is 8.11. The highest BCUT2D eigenvalue weighted by Gasteiger charge is 2.22. The van der Waals surface area contributed by atoms with E-state index < -0.39 is 0 Å². The van der Waals surface area contributed by atoms with E-state index in [-0.39, 0.29) is 24.0 Å². The molecule has 0 spiro atoms. The molecule has 2 N–H and O–H groups in total. The third-order valence-electron chi connectivity index (χ3n) is 5.40. The molecular formula is C23H22FN5O. The summed E-state index contributed by atoms with van der Waals surface area (Å²) in [5.74, 6) is -0.00766. The van der Waals surface area contributed by atoms with Crippen molar-refractivity contribution in [3.8, 4) is 17.3 Å². The second kappa shape index (κ2) is 8.47. The molecule has 7 heteroatoms. The minimum atomic E-state index is -0.355. The summed E-state index contributed by atoms with van der Waals surface area (Å²) in [7, 11) is 0. The van der Waals surface area contributed by atoms with Crippen molar-refractivity contribution in [2.75, 3.05) is 18.0 Å². The lowest BCUT2D eigenvalue weighted by Gasteiger charge is -2.31. The van der Waals surface area contributed by atoms with E-state index in [1.807, 2.05) is 4.90 Å². The highest BCUT2D eigenvalue weighted by Crippen LogP contribution is 2.22. The minimum absolute atomic E-state index is 0.109. The van der Waals surface area contributed by atoms with E-state index in [1.165, 1.54) is 10.6 Å². The fraction of sp³-hybridized carbons (Fsp3) is 0.261. The van der Waals surface area contributed by atoms with Gasteiger partial charge in [-0.15, -0.1) is 0 Å². The Labute approximate surface area is 174 Å². The average molecular weight is 403 g/mol. The number of aromatic nitrogens is 2. The normalized spacial score (nSPS) is 14.5. The van der Waals surface area contributed by atoms with Gasteiger partial charge < -0.3 is 15.2 Å². The zero-order chi connectivity index (χ0) is 21.1. The molecule has 2 aromatic carbocycles. The quantitative estimate of drug-likeness (QED) is 0.724. The van der Waals surface area contributed by atoms with Crippen molar-refractivity contribution in [2.45, 2.75) is 25.4 Å². The summed E-state index contributed by atoms with van der Waals surface area (Å²) in [5, 5.41) is 9.04. The smallest absolute Gasteiger partial charge is 0.293 e. The van der Waals surface area contributed by atoms with Crippen molar-refractivity contribution in [3.05, 3.63) is 82.0 Å². The molecule has 1 aliphatic heterocycles. The van der Waals surface area contributed by atoms with Gasteiger partial charge in [-0.2, -0.15) is 5.26 Å². The number of nitrogens with zero attached hydrogens (tertiary/aromatic N) is 4. The number of rotatable bonds is 4. The number of nitriles is 1. The van der Waals surface area contributed by atoms with Crippen LogP contribution in [0.5, 0.6) is 0 Å². The van der Waals surface area contributed by atoms with Gasteiger partial charge in [0.1, 0.15) is 5.82 Å². The molecule has 0 atom stereocenters. The molecule has 4 rings (SSSR count). The molecule has 1 aliphatic rings. The third kappa shape index (κ3) is 4.09. The van der Waals surface area contributed by atoms with Crippen LogP contribution in [0.2, 0.25) is 0 Å². The van der Waals surface area contributed by atoms with Crippen molar-refractivity contribution >= 4 is 5.82 Å². The van der Waals surface area contributed by atoms with Crippen LogP contribution in [0.15, 0.2) is 59.5 Å². The first-order chi connectivity index (χ1) is 14.5. The van der Waals surface area contributed by atoms with Gasteiger partial charge in [-0.3, -0.25) is 4.79 Å². The number of halogens is 1. The molecule has 0 aliphatic carbocycles. The van der Waals surface area contributed by atoms with Gasteiger partial charge in [0.2, 0.25) is 0 Å². The number of nitrogens with two attached hydrogens (primary N) is 1. The molecule has 2 heterocycles. The second-order valence-electron chi connectivity index (χ2n) is 7.49. The highest BCUT2D eigenvalue weighted by molar-refractivity contribution is 5.61. The monoisotopic (exact) mass is 403 g/mol. The Bertz CT molecular complexity index is 1140. The predicted octanol–water partition coefficient (Wildman–Crippen LogP) is 2.90. The van der Waals surface area contributed by atoms with Gasteiger partial charge in [0.05, 0.1) is 23.9 Å². The summed E-state index contributed by atoms with van der Waals surface area (Å²) in [6.45, 7) is 1.41. The van der Waals surface area contributed by atoms with Crippen molar-refractivity contribution in [3.63, 3.8) is 0 Å². The van der Waals surface area contributed by atoms with Crippen LogP contribution in [0.25, 0.3) is 11.3 Å². The summed E-state index contributed by atoms with van der Waals surface area (Å²) in [4.78, 5) is 19.8. The van der Waals surface area contributed by atoms with Gasteiger partial charge in [-0.25, -0.2) is 9.37 Å². The van der Waals surface area contributed by atoms with Gasteiger partial charge >= 0.3 is 0 Å². The largest absolute Gasteiger partial charge is 0.352 e. The fourth-order valence-corrected chi connectivity index (χ4v) is 3.62. The predicted molar refractivity (Wildman–Crippen MR) is 114 cm³/mol. The zero-order valence-electron chi connectivity index (χ0n) is 16.5. The van der Waals surface area contributed by atoms with Crippen LogP contribution in [0.4, 0.5) is 10.2 Å². The average Bonchev–Trinajstić information content (AvgIpc) is 2.77. The van der Waals surface area contributed by atoms with E-state index in [0.29, 0.717) is 35.7 Å². The van der Waals surface area contributed by atoms with Gasteiger partial charge in [-0.05, 0) is 31.0 Å². The number of hydrogen-bond acceptors (Lipinski definition) is 5. The van der Waals surface area contributed by atoms with Gasteiger partial charge in [0, 0.05) is 36.5 Å². The lowest BCUT2D eigenvalue weighted by Crippen LogP contribution is -2.43. The molecule has 0 saturated carbocycles. The Morgan fingerprint density at radius 1 is 1.13 bits per heavy atom. The van der Waals surface area contributed by atoms with Gasteiger partial charge in [0.25, 0.3) is 5.56 Å². The van der Waals surface area contributed by atoms with Gasteiger partial charge in [-0.1, -0.05) is 30.3 Å². The highest BCUT2D eigenvalue weighted by atomic mass is 19.1. The summed E-state index contributed by atoms with van der Waals surface area (Å²) < 4.78 is 15.7. The maximum absolute atomic E-state index is 14.2. The molecule has 152 valence electrons. The second-order valence-corrected chi connectivity index (χ2v) is 7.49. The van der Waals surface area contributed by atoms with Crippen LogP contribution in [0.1, 0.15) is 24.0 Å². The lowest BCUT2D eigenvalue weighted by molar-refractivity contribution is 0.496. The molecule has 0 bridgehead atoms. The van der Waals surface area contributed by atoms with E-state index >= 15 is 0 Å². The Balaban J connectivity index is 1.79. The molecule has 30 heavy (non-hydrogen) atoms. The first-order valence-electron chi connectivity index (χ1n) is 9.91. The zero-order valence-corrected chi connectivity index (χ0v) is 16.5. The van der Waals surface area contributed by atoms with E-state index in [0.717, 1.165) is 18.4 Å². The Kier molecular flexibility index (Phi) is 5.59. The summed E-state index contributed by atoms with van der Waals surface area (Å²) in [6, 6.07) is 15.7. The topological polar surface area (TPSA) is 87.9 Å². The summed E-state index contributed by atoms with van der Waals surface area (Å²) in [6.07, 6.45) is 3.22. The van der Waals surface area contributed by atoms with E-state index in [2.05, 4.69) is 11.1 Å². The lowest BCUT2D eigenvalue weighted by atomic mass is 10.1. The van der Waals surface area contributed by atoms with E-state index in [1.54, 1.807) is 48.7 Å². The number of piperidine rings is 1. The molecule has 1 fully saturated rings. The van der Waals surface area contributed by atoms with Crippen LogP contribution in [0.3, 0.4) is 0 Å². The van der Waals surface area contributed by atoms with Crippen LogP contribution in [-0.2, 0) is 6.54 Å². The molecule has 0 unspecified atom stereocenters. The van der Waals surface area contributed by atoms with Crippen molar-refractivity contribution in [2.24, 2.45) is 5.73 Å². The first-order valence-corrected chi connectivity index (χ1v) is 9.91. The Morgan fingerprint density at radius 2 is 1.83 bits per heavy atom. The molecule has 1 saturated heterocycles. The Hall–Kier alpha value is -3.50. The van der Waals surface area contributed by atoms with E-state index in [4.69, 9.17) is 11.0 Å². The molecule has 0 amide bonds. The minimum Gasteiger partial charge on any atom is -0.352 e. The van der Waals surface area contributed by atoms with Crippen molar-refractivity contribution in [1.82, 2.24) is 9.55 Å². The standard InChI is InChI=1S/C23H22FN5O/c24-20-4-2-1-3-18(20)14-29-15-21(17-7-5-16(13-25)6-8-17)27-22(23(29)30)28-11-9-19(26)10-12-28/h1-8,15,19H,9-12,14,26H2. The fourth-order valence-electron chi connectivity index (χ4n) is 3.62. The van der Waals surface area contributed by atoms with Crippen LogP contribution in [-0.4, -0.2) is 28.7 Å². The third-order valence-corrected chi connectivity index (χ3v) is 5.40. The molecule has 1 aromatic heterocycles. The van der Waals surface area contributed by atoms with Crippen LogP contribution >= 0.6 is 0 Å². The molecule has 6 nitrogen and oxygen atoms in total.